The zero-order chi connectivity index (χ0) is 11.4. The van der Waals surface area contributed by atoms with Gasteiger partial charge in [-0.15, -0.1) is 11.3 Å². The van der Waals surface area contributed by atoms with E-state index in [9.17, 15) is 0 Å². The van der Waals surface area contributed by atoms with Gasteiger partial charge < -0.3 is 11.1 Å². The molecule has 0 aliphatic heterocycles. The first-order valence-electron chi connectivity index (χ1n) is 6.32. The molecule has 1 saturated carbocycles. The van der Waals surface area contributed by atoms with Gasteiger partial charge in [0.1, 0.15) is 0 Å². The number of nitrogens with two attached hydrogens (primary N) is 1. The highest BCUT2D eigenvalue weighted by Gasteiger charge is 2.19. The topological polar surface area (TPSA) is 38.0 Å². The molecule has 1 aliphatic rings. The summed E-state index contributed by atoms with van der Waals surface area (Å²) in [6.45, 7) is 3.25. The van der Waals surface area contributed by atoms with Gasteiger partial charge in [0.25, 0.3) is 0 Å². The average Bonchev–Trinajstić information content (AvgIpc) is 2.73. The number of rotatable bonds is 4. The minimum atomic E-state index is 0.627. The van der Waals surface area contributed by atoms with E-state index < -0.39 is 0 Å². The number of anilines is 1. The summed E-state index contributed by atoms with van der Waals surface area (Å²) in [5.41, 5.74) is 6.81. The van der Waals surface area contributed by atoms with Crippen LogP contribution >= 0.6 is 11.3 Å². The van der Waals surface area contributed by atoms with Crippen LogP contribution in [0, 0.1) is 5.92 Å². The first-order chi connectivity index (χ1) is 7.77. The molecule has 90 valence electrons. The molecular weight excluding hydrogens is 216 g/mol. The Bertz CT molecular complexity index is 315. The molecule has 1 fully saturated rings. The largest absolute Gasteiger partial charge is 0.398 e. The van der Waals surface area contributed by atoms with Gasteiger partial charge in [-0.25, -0.2) is 0 Å². The van der Waals surface area contributed by atoms with Crippen LogP contribution in [0.5, 0.6) is 0 Å². The fourth-order valence-corrected chi connectivity index (χ4v) is 3.30. The van der Waals surface area contributed by atoms with E-state index >= 15 is 0 Å². The van der Waals surface area contributed by atoms with Gasteiger partial charge in [0.15, 0.2) is 0 Å². The Balaban J connectivity index is 1.78. The number of nitrogen functional groups attached to an aromatic ring is 1. The van der Waals surface area contributed by atoms with Crippen molar-refractivity contribution in [3.05, 3.63) is 16.3 Å². The van der Waals surface area contributed by atoms with Gasteiger partial charge in [0.2, 0.25) is 0 Å². The molecule has 0 radical (unpaired) electrons. The lowest BCUT2D eigenvalue weighted by Gasteiger charge is -2.28. The van der Waals surface area contributed by atoms with Crippen molar-refractivity contribution < 1.29 is 0 Å². The third-order valence-corrected chi connectivity index (χ3v) is 4.66. The van der Waals surface area contributed by atoms with Crippen molar-refractivity contribution in [3.63, 3.8) is 0 Å². The Morgan fingerprint density at radius 1 is 1.44 bits per heavy atom. The maximum Gasteiger partial charge on any atom is 0.0468 e. The second-order valence-electron chi connectivity index (χ2n) is 4.87. The van der Waals surface area contributed by atoms with Gasteiger partial charge in [0.05, 0.1) is 0 Å². The molecule has 1 atom stereocenters. The van der Waals surface area contributed by atoms with Gasteiger partial charge >= 0.3 is 0 Å². The zero-order valence-corrected chi connectivity index (χ0v) is 10.9. The summed E-state index contributed by atoms with van der Waals surface area (Å²) in [4.78, 5) is 1.28. The van der Waals surface area contributed by atoms with E-state index in [1.807, 2.05) is 6.07 Å². The molecule has 1 aromatic rings. The van der Waals surface area contributed by atoms with Crippen molar-refractivity contribution in [1.29, 1.82) is 0 Å². The van der Waals surface area contributed by atoms with Crippen LogP contribution in [-0.4, -0.2) is 6.04 Å². The van der Waals surface area contributed by atoms with Crippen molar-refractivity contribution in [2.24, 2.45) is 5.92 Å². The van der Waals surface area contributed by atoms with Crippen molar-refractivity contribution >= 4 is 17.0 Å². The Morgan fingerprint density at radius 2 is 2.19 bits per heavy atom. The molecule has 0 amide bonds. The summed E-state index contributed by atoms with van der Waals surface area (Å²) in [5, 5.41) is 5.69. The van der Waals surface area contributed by atoms with Crippen LogP contribution < -0.4 is 11.1 Å². The van der Waals surface area contributed by atoms with Gasteiger partial charge in [0, 0.05) is 23.2 Å². The Morgan fingerprint density at radius 3 is 2.81 bits per heavy atom. The third kappa shape index (κ3) is 2.98. The van der Waals surface area contributed by atoms with Gasteiger partial charge in [-0.2, -0.15) is 0 Å². The van der Waals surface area contributed by atoms with Crippen LogP contribution in [0.1, 0.15) is 43.9 Å². The third-order valence-electron chi connectivity index (χ3n) is 3.72. The van der Waals surface area contributed by atoms with Crippen molar-refractivity contribution in [3.8, 4) is 0 Å². The maximum absolute atomic E-state index is 5.88. The fourth-order valence-electron chi connectivity index (χ4n) is 2.55. The zero-order valence-electron chi connectivity index (χ0n) is 10.0. The molecule has 3 heteroatoms. The van der Waals surface area contributed by atoms with Gasteiger partial charge in [-0.3, -0.25) is 0 Å². The normalized spacial score (nSPS) is 19.8. The lowest BCUT2D eigenvalue weighted by Crippen LogP contribution is -2.34. The first kappa shape index (κ1) is 11.9. The fraction of sp³-hybridized carbons (Fsp3) is 0.692. The molecule has 0 saturated heterocycles. The number of nitrogens with one attached hydrogen (secondary N) is 1. The monoisotopic (exact) mass is 238 g/mol. The maximum atomic E-state index is 5.88. The van der Waals surface area contributed by atoms with E-state index in [1.54, 1.807) is 11.3 Å². The molecule has 1 aromatic heterocycles. The van der Waals surface area contributed by atoms with Crippen LogP contribution in [0.15, 0.2) is 11.4 Å². The Kier molecular flexibility index (Phi) is 4.24. The summed E-state index contributed by atoms with van der Waals surface area (Å²) in [6.07, 6.45) is 7.05. The van der Waals surface area contributed by atoms with Crippen molar-refractivity contribution in [2.45, 2.75) is 51.6 Å². The van der Waals surface area contributed by atoms with Crippen LogP contribution in [0.2, 0.25) is 0 Å². The predicted molar refractivity (Wildman–Crippen MR) is 71.6 cm³/mol. The molecule has 3 N–H and O–H groups in total. The van der Waals surface area contributed by atoms with Crippen LogP contribution in [0.4, 0.5) is 5.69 Å². The first-order valence-corrected chi connectivity index (χ1v) is 7.20. The summed E-state index contributed by atoms with van der Waals surface area (Å²) >= 11 is 1.75. The molecule has 2 nitrogen and oxygen atoms in total. The van der Waals surface area contributed by atoms with E-state index in [0.717, 1.165) is 18.2 Å². The average molecular weight is 238 g/mol. The molecule has 1 unspecified atom stereocenters. The standard InChI is InChI=1S/C13H22N2S/c1-10(11-5-3-2-4-6-11)15-9-13-12(14)7-8-16-13/h7-8,10-11,15H,2-6,9,14H2,1H3. The molecule has 2 rings (SSSR count). The highest BCUT2D eigenvalue weighted by Crippen LogP contribution is 2.27. The molecular formula is C13H22N2S. The van der Waals surface area contributed by atoms with Crippen LogP contribution in [0.25, 0.3) is 0 Å². The predicted octanol–water partition coefficient (Wildman–Crippen LogP) is 3.39. The molecule has 16 heavy (non-hydrogen) atoms. The highest BCUT2D eigenvalue weighted by atomic mass is 32.1. The summed E-state index contributed by atoms with van der Waals surface area (Å²) in [7, 11) is 0. The molecule has 1 aliphatic carbocycles. The van der Waals surface area contributed by atoms with E-state index in [0.29, 0.717) is 6.04 Å². The summed E-state index contributed by atoms with van der Waals surface area (Å²) < 4.78 is 0. The Hall–Kier alpha value is -0.540. The lowest BCUT2D eigenvalue weighted by molar-refractivity contribution is 0.281. The number of hydrogen-bond acceptors (Lipinski definition) is 3. The molecule has 0 bridgehead atoms. The SMILES string of the molecule is CC(NCc1sccc1N)C1CCCCC1. The minimum absolute atomic E-state index is 0.627. The molecule has 0 aromatic carbocycles. The summed E-state index contributed by atoms with van der Waals surface area (Å²) in [6, 6.07) is 2.62. The van der Waals surface area contributed by atoms with E-state index in [2.05, 4.69) is 17.6 Å². The number of thiophene rings is 1. The second-order valence-corrected chi connectivity index (χ2v) is 5.87. The Labute approximate surface area is 102 Å². The van der Waals surface area contributed by atoms with Gasteiger partial charge in [-0.1, -0.05) is 19.3 Å². The second kappa shape index (κ2) is 5.69. The molecule has 0 spiro atoms. The van der Waals surface area contributed by atoms with E-state index in [-0.39, 0.29) is 0 Å². The van der Waals surface area contributed by atoms with Gasteiger partial charge in [-0.05, 0) is 37.1 Å². The van der Waals surface area contributed by atoms with E-state index in [4.69, 9.17) is 5.73 Å². The number of hydrogen-bond donors (Lipinski definition) is 2. The van der Waals surface area contributed by atoms with Crippen LogP contribution in [0.3, 0.4) is 0 Å². The van der Waals surface area contributed by atoms with Crippen molar-refractivity contribution in [2.75, 3.05) is 5.73 Å². The molecule has 1 heterocycles. The highest BCUT2D eigenvalue weighted by molar-refractivity contribution is 7.10. The minimum Gasteiger partial charge on any atom is -0.398 e. The lowest BCUT2D eigenvalue weighted by atomic mass is 9.84. The smallest absolute Gasteiger partial charge is 0.0468 e. The quantitative estimate of drug-likeness (QED) is 0.844. The van der Waals surface area contributed by atoms with E-state index in [1.165, 1.54) is 37.0 Å². The van der Waals surface area contributed by atoms with Crippen LogP contribution in [-0.2, 0) is 6.54 Å². The van der Waals surface area contributed by atoms with Crippen molar-refractivity contribution in [1.82, 2.24) is 5.32 Å². The summed E-state index contributed by atoms with van der Waals surface area (Å²) in [5.74, 6) is 0.870.